The van der Waals surface area contributed by atoms with E-state index in [0.717, 1.165) is 50.6 Å². The number of benzene rings is 4. The third-order valence-electron chi connectivity index (χ3n) is 6.45. The summed E-state index contributed by atoms with van der Waals surface area (Å²) in [5, 5.41) is 0. The van der Waals surface area contributed by atoms with Gasteiger partial charge in [-0.15, -0.1) is 0 Å². The third kappa shape index (κ3) is 6.63. The lowest BCUT2D eigenvalue weighted by molar-refractivity contribution is 0.393. The van der Waals surface area contributed by atoms with Gasteiger partial charge in [-0.2, -0.15) is 0 Å². The molecule has 0 N–H and O–H groups in total. The van der Waals surface area contributed by atoms with Crippen LogP contribution in [0.1, 0.15) is 33.4 Å². The van der Waals surface area contributed by atoms with Crippen LogP contribution in [-0.4, -0.2) is 35.5 Å². The van der Waals surface area contributed by atoms with Gasteiger partial charge >= 0.3 is 0 Å². The summed E-state index contributed by atoms with van der Waals surface area (Å²) in [6.45, 7) is 2.08. The Morgan fingerprint density at radius 2 is 1.13 bits per heavy atom. The van der Waals surface area contributed by atoms with Gasteiger partial charge in [-0.1, -0.05) is 54.1 Å². The fourth-order valence-corrected chi connectivity index (χ4v) is 4.32. The van der Waals surface area contributed by atoms with Crippen LogP contribution in [0.25, 0.3) is 23.8 Å². The number of hydrogen-bond donors (Lipinski definition) is 0. The summed E-state index contributed by atoms with van der Waals surface area (Å²) >= 11 is 0. The van der Waals surface area contributed by atoms with Crippen molar-refractivity contribution >= 4 is 23.8 Å². The predicted molar refractivity (Wildman–Crippen MR) is 159 cm³/mol. The van der Waals surface area contributed by atoms with Crippen molar-refractivity contribution < 1.29 is 23.7 Å². The molecule has 4 rings (SSSR count). The molecule has 4 aromatic rings. The van der Waals surface area contributed by atoms with Gasteiger partial charge in [0, 0.05) is 17.7 Å². The molecule has 0 radical (unpaired) electrons. The smallest absolute Gasteiger partial charge is 0.131 e. The van der Waals surface area contributed by atoms with Gasteiger partial charge in [-0.05, 0) is 71.2 Å². The van der Waals surface area contributed by atoms with Crippen LogP contribution in [0.4, 0.5) is 0 Å². The maximum absolute atomic E-state index is 5.94. The molecule has 5 heteroatoms. The second-order valence-corrected chi connectivity index (χ2v) is 8.97. The standard InChI is InChI=1S/C34H34O5/c1-23-7-12-26(13-8-23)32(19-24-10-15-28(35-2)16-11-24)34-27(20-31(38-5)22-33(34)39-6)14-9-25-17-29(36-3)21-30(18-25)37-4/h7-22H,1-6H3/b14-9+,32-19+. The minimum atomic E-state index is 0.700. The van der Waals surface area contributed by atoms with Crippen LogP contribution in [0.2, 0.25) is 0 Å². The highest BCUT2D eigenvalue weighted by Gasteiger charge is 2.17. The number of rotatable bonds is 10. The Morgan fingerprint density at radius 3 is 1.69 bits per heavy atom. The summed E-state index contributed by atoms with van der Waals surface area (Å²) in [7, 11) is 8.29. The van der Waals surface area contributed by atoms with E-state index in [1.54, 1.807) is 35.5 Å². The fourth-order valence-electron chi connectivity index (χ4n) is 4.32. The van der Waals surface area contributed by atoms with Gasteiger partial charge in [0.15, 0.2) is 0 Å². The normalized spacial score (nSPS) is 11.4. The molecule has 0 saturated heterocycles. The minimum absolute atomic E-state index is 0.700. The number of hydrogen-bond acceptors (Lipinski definition) is 5. The molecule has 200 valence electrons. The lowest BCUT2D eigenvalue weighted by Crippen LogP contribution is -1.99. The van der Waals surface area contributed by atoms with Crippen molar-refractivity contribution in [3.8, 4) is 28.7 Å². The zero-order valence-corrected chi connectivity index (χ0v) is 23.3. The van der Waals surface area contributed by atoms with E-state index in [1.807, 2.05) is 60.7 Å². The molecular weight excluding hydrogens is 488 g/mol. The molecule has 0 aliphatic rings. The zero-order chi connectivity index (χ0) is 27.8. The molecule has 0 saturated carbocycles. The van der Waals surface area contributed by atoms with Crippen molar-refractivity contribution in [3.05, 3.63) is 112 Å². The SMILES string of the molecule is COc1ccc(/C=C(\c2ccc(C)cc2)c2c(/C=C/c3cc(OC)cc(OC)c3)cc(OC)cc2OC)cc1. The van der Waals surface area contributed by atoms with Gasteiger partial charge in [0.2, 0.25) is 0 Å². The molecule has 5 nitrogen and oxygen atoms in total. The van der Waals surface area contributed by atoms with E-state index >= 15 is 0 Å². The van der Waals surface area contributed by atoms with E-state index in [4.69, 9.17) is 23.7 Å². The number of aryl methyl sites for hydroxylation is 1. The van der Waals surface area contributed by atoms with Crippen molar-refractivity contribution in [2.75, 3.05) is 35.5 Å². The van der Waals surface area contributed by atoms with E-state index in [9.17, 15) is 0 Å². The molecule has 0 bridgehead atoms. The minimum Gasteiger partial charge on any atom is -0.497 e. The van der Waals surface area contributed by atoms with Gasteiger partial charge < -0.3 is 23.7 Å². The Balaban J connectivity index is 1.94. The fraction of sp³-hybridized carbons (Fsp3) is 0.176. The summed E-state index contributed by atoms with van der Waals surface area (Å²) < 4.78 is 27.9. The highest BCUT2D eigenvalue weighted by atomic mass is 16.5. The highest BCUT2D eigenvalue weighted by molar-refractivity contribution is 5.97. The van der Waals surface area contributed by atoms with Gasteiger partial charge in [-0.25, -0.2) is 0 Å². The molecule has 4 aromatic carbocycles. The van der Waals surface area contributed by atoms with Crippen molar-refractivity contribution in [1.82, 2.24) is 0 Å². The molecule has 0 spiro atoms. The van der Waals surface area contributed by atoms with E-state index in [2.05, 4.69) is 43.3 Å². The largest absolute Gasteiger partial charge is 0.497 e. The molecule has 0 unspecified atom stereocenters. The zero-order valence-electron chi connectivity index (χ0n) is 23.3. The topological polar surface area (TPSA) is 46.2 Å². The molecule has 0 aliphatic carbocycles. The van der Waals surface area contributed by atoms with E-state index in [1.165, 1.54) is 5.56 Å². The van der Waals surface area contributed by atoms with Crippen LogP contribution >= 0.6 is 0 Å². The van der Waals surface area contributed by atoms with Gasteiger partial charge in [0.25, 0.3) is 0 Å². The van der Waals surface area contributed by atoms with Gasteiger partial charge in [0.05, 0.1) is 35.5 Å². The maximum atomic E-state index is 5.94. The molecule has 39 heavy (non-hydrogen) atoms. The quantitative estimate of drug-likeness (QED) is 0.199. The van der Waals surface area contributed by atoms with E-state index in [0.29, 0.717) is 11.5 Å². The molecule has 0 atom stereocenters. The Hall–Kier alpha value is -4.64. The summed E-state index contributed by atoms with van der Waals surface area (Å²) in [4.78, 5) is 0. The molecule has 0 fully saturated rings. The van der Waals surface area contributed by atoms with E-state index in [-0.39, 0.29) is 0 Å². The van der Waals surface area contributed by atoms with Crippen LogP contribution < -0.4 is 23.7 Å². The Kier molecular flexibility index (Phi) is 8.95. The van der Waals surface area contributed by atoms with Crippen LogP contribution in [0.15, 0.2) is 78.9 Å². The van der Waals surface area contributed by atoms with E-state index < -0.39 is 0 Å². The van der Waals surface area contributed by atoms with Crippen LogP contribution in [0.3, 0.4) is 0 Å². The molecule has 0 aliphatic heterocycles. The summed E-state index contributed by atoms with van der Waals surface area (Å²) in [5.74, 6) is 3.65. The van der Waals surface area contributed by atoms with Crippen molar-refractivity contribution in [2.24, 2.45) is 0 Å². The Morgan fingerprint density at radius 1 is 0.538 bits per heavy atom. The lowest BCUT2D eigenvalue weighted by atomic mass is 9.90. The number of methoxy groups -OCH3 is 5. The highest BCUT2D eigenvalue weighted by Crippen LogP contribution is 2.39. The van der Waals surface area contributed by atoms with Crippen LogP contribution in [0.5, 0.6) is 28.7 Å². The summed E-state index contributed by atoms with van der Waals surface area (Å²) in [6, 6.07) is 26.2. The second kappa shape index (κ2) is 12.7. The van der Waals surface area contributed by atoms with Crippen molar-refractivity contribution in [1.29, 1.82) is 0 Å². The van der Waals surface area contributed by atoms with Crippen molar-refractivity contribution in [2.45, 2.75) is 6.92 Å². The predicted octanol–water partition coefficient (Wildman–Crippen LogP) is 7.80. The van der Waals surface area contributed by atoms with Crippen LogP contribution in [-0.2, 0) is 0 Å². The second-order valence-electron chi connectivity index (χ2n) is 8.97. The summed E-state index contributed by atoms with van der Waals surface area (Å²) in [5.41, 5.74) is 7.14. The Bertz CT molecular complexity index is 1440. The first-order valence-electron chi connectivity index (χ1n) is 12.6. The first-order chi connectivity index (χ1) is 19.0. The lowest BCUT2D eigenvalue weighted by Gasteiger charge is -2.18. The van der Waals surface area contributed by atoms with Gasteiger partial charge in [0.1, 0.15) is 28.7 Å². The van der Waals surface area contributed by atoms with Crippen molar-refractivity contribution in [3.63, 3.8) is 0 Å². The average molecular weight is 523 g/mol. The third-order valence-corrected chi connectivity index (χ3v) is 6.45. The van der Waals surface area contributed by atoms with Crippen LogP contribution in [0, 0.1) is 6.92 Å². The van der Waals surface area contributed by atoms with Gasteiger partial charge in [-0.3, -0.25) is 0 Å². The molecule has 0 aromatic heterocycles. The first-order valence-corrected chi connectivity index (χ1v) is 12.6. The monoisotopic (exact) mass is 522 g/mol. The molecule has 0 amide bonds. The summed E-state index contributed by atoms with van der Waals surface area (Å²) in [6.07, 6.45) is 6.26. The first kappa shape index (κ1) is 27.4. The number of ether oxygens (including phenoxy) is 5. The molecule has 0 heterocycles. The molecular formula is C34H34O5. The Labute approximate surface area is 230 Å². The average Bonchev–Trinajstić information content (AvgIpc) is 2.99. The maximum Gasteiger partial charge on any atom is 0.131 e.